The van der Waals surface area contributed by atoms with Crippen LogP contribution < -0.4 is 10.6 Å². The number of ether oxygens (including phenoxy) is 2. The molecule has 134 valence electrons. The van der Waals surface area contributed by atoms with E-state index < -0.39 is 17.7 Å². The van der Waals surface area contributed by atoms with Gasteiger partial charge in [0.2, 0.25) is 0 Å². The number of aryl methyl sites for hydroxylation is 1. The molecule has 1 aromatic carbocycles. The van der Waals surface area contributed by atoms with E-state index >= 15 is 0 Å². The maximum absolute atomic E-state index is 11.9. The third kappa shape index (κ3) is 8.53. The number of hydrogen-bond donors (Lipinski definition) is 2. The van der Waals surface area contributed by atoms with Gasteiger partial charge in [-0.15, -0.1) is 0 Å². The summed E-state index contributed by atoms with van der Waals surface area (Å²) in [4.78, 5) is 23.4. The molecule has 1 atom stereocenters. The van der Waals surface area contributed by atoms with Crippen molar-refractivity contribution in [3.8, 4) is 0 Å². The van der Waals surface area contributed by atoms with Crippen LogP contribution in [0.1, 0.15) is 32.8 Å². The van der Waals surface area contributed by atoms with Crippen LogP contribution in [0, 0.1) is 0 Å². The molecule has 1 rings (SSSR count). The summed E-state index contributed by atoms with van der Waals surface area (Å²) >= 11 is 0. The third-order valence-electron chi connectivity index (χ3n) is 3.23. The van der Waals surface area contributed by atoms with E-state index in [0.717, 1.165) is 6.42 Å². The Bertz CT molecular complexity index is 512. The zero-order valence-electron chi connectivity index (χ0n) is 14.9. The van der Waals surface area contributed by atoms with E-state index in [1.807, 2.05) is 51.1 Å². The van der Waals surface area contributed by atoms with Crippen molar-refractivity contribution in [2.45, 2.75) is 45.3 Å². The van der Waals surface area contributed by atoms with Gasteiger partial charge in [0.05, 0.1) is 7.11 Å². The van der Waals surface area contributed by atoms with Crippen molar-refractivity contribution in [2.24, 2.45) is 0 Å². The number of esters is 1. The lowest BCUT2D eigenvalue weighted by atomic mass is 10.1. The number of alkyl carbamates (subject to hydrolysis) is 1. The Kier molecular flexibility index (Phi) is 8.26. The van der Waals surface area contributed by atoms with Crippen LogP contribution in [-0.4, -0.2) is 43.9 Å². The SMILES string of the molecule is COC(=O)[C@H](CCc1ccccc1)NCCNC(=O)OC(C)(C)C. The van der Waals surface area contributed by atoms with Gasteiger partial charge in [0.1, 0.15) is 11.6 Å². The molecule has 0 aliphatic heterocycles. The van der Waals surface area contributed by atoms with E-state index in [4.69, 9.17) is 9.47 Å². The van der Waals surface area contributed by atoms with Gasteiger partial charge in [0, 0.05) is 13.1 Å². The second kappa shape index (κ2) is 9.93. The van der Waals surface area contributed by atoms with Gasteiger partial charge in [-0.1, -0.05) is 30.3 Å². The van der Waals surface area contributed by atoms with E-state index in [1.165, 1.54) is 12.7 Å². The van der Waals surface area contributed by atoms with Gasteiger partial charge < -0.3 is 20.1 Å². The van der Waals surface area contributed by atoms with Gasteiger partial charge in [0.15, 0.2) is 0 Å². The molecule has 0 spiro atoms. The molecule has 1 amide bonds. The molecule has 0 aromatic heterocycles. The molecule has 6 nitrogen and oxygen atoms in total. The minimum Gasteiger partial charge on any atom is -0.468 e. The lowest BCUT2D eigenvalue weighted by molar-refractivity contribution is -0.143. The van der Waals surface area contributed by atoms with Crippen molar-refractivity contribution in [1.29, 1.82) is 0 Å². The Morgan fingerprint density at radius 2 is 1.79 bits per heavy atom. The van der Waals surface area contributed by atoms with Crippen molar-refractivity contribution in [2.75, 3.05) is 20.2 Å². The average molecular weight is 336 g/mol. The minimum absolute atomic E-state index is 0.303. The molecule has 6 heteroatoms. The van der Waals surface area contributed by atoms with Gasteiger partial charge in [-0.3, -0.25) is 4.79 Å². The van der Waals surface area contributed by atoms with Crippen molar-refractivity contribution in [3.63, 3.8) is 0 Å². The number of carbonyl (C=O) groups excluding carboxylic acids is 2. The van der Waals surface area contributed by atoms with Crippen molar-refractivity contribution in [1.82, 2.24) is 10.6 Å². The highest BCUT2D eigenvalue weighted by Gasteiger charge is 2.19. The van der Waals surface area contributed by atoms with Crippen molar-refractivity contribution < 1.29 is 19.1 Å². The maximum Gasteiger partial charge on any atom is 0.407 e. The molecule has 0 saturated carbocycles. The van der Waals surface area contributed by atoms with Crippen LogP contribution in [0.25, 0.3) is 0 Å². The zero-order chi connectivity index (χ0) is 18.0. The van der Waals surface area contributed by atoms with E-state index in [-0.39, 0.29) is 5.97 Å². The topological polar surface area (TPSA) is 76.7 Å². The predicted molar refractivity (Wildman–Crippen MR) is 92.8 cm³/mol. The number of benzene rings is 1. The summed E-state index contributed by atoms with van der Waals surface area (Å²) in [7, 11) is 1.37. The maximum atomic E-state index is 11.9. The summed E-state index contributed by atoms with van der Waals surface area (Å²) in [5.41, 5.74) is 0.641. The van der Waals surface area contributed by atoms with Crippen LogP contribution in [-0.2, 0) is 20.7 Å². The molecule has 1 aromatic rings. The minimum atomic E-state index is -0.526. The molecule has 2 N–H and O–H groups in total. The van der Waals surface area contributed by atoms with E-state index in [1.54, 1.807) is 0 Å². The first-order valence-corrected chi connectivity index (χ1v) is 8.14. The number of carbonyl (C=O) groups is 2. The summed E-state index contributed by atoms with van der Waals surface area (Å²) in [6, 6.07) is 9.55. The highest BCUT2D eigenvalue weighted by Crippen LogP contribution is 2.07. The predicted octanol–water partition coefficient (Wildman–Crippen LogP) is 2.28. The molecule has 0 fully saturated rings. The van der Waals surface area contributed by atoms with Crippen molar-refractivity contribution >= 4 is 12.1 Å². The molecule has 0 heterocycles. The highest BCUT2D eigenvalue weighted by atomic mass is 16.6. The summed E-state index contributed by atoms with van der Waals surface area (Å²) in [6.07, 6.45) is 0.930. The molecule has 0 saturated heterocycles. The smallest absolute Gasteiger partial charge is 0.407 e. The van der Waals surface area contributed by atoms with Gasteiger partial charge in [0.25, 0.3) is 0 Å². The van der Waals surface area contributed by atoms with Gasteiger partial charge in [-0.2, -0.15) is 0 Å². The summed E-state index contributed by atoms with van der Waals surface area (Å²) in [5.74, 6) is -0.303. The Balaban J connectivity index is 2.35. The lowest BCUT2D eigenvalue weighted by Crippen LogP contribution is -2.43. The Morgan fingerprint density at radius 3 is 2.38 bits per heavy atom. The Labute approximate surface area is 143 Å². The molecule has 0 radical (unpaired) electrons. The fraction of sp³-hybridized carbons (Fsp3) is 0.556. The van der Waals surface area contributed by atoms with Crippen LogP contribution in [0.15, 0.2) is 30.3 Å². The van der Waals surface area contributed by atoms with Crippen LogP contribution in [0.2, 0.25) is 0 Å². The average Bonchev–Trinajstić information content (AvgIpc) is 2.52. The van der Waals surface area contributed by atoms with Gasteiger partial charge in [-0.25, -0.2) is 4.79 Å². The van der Waals surface area contributed by atoms with E-state index in [9.17, 15) is 9.59 Å². The first-order valence-electron chi connectivity index (χ1n) is 8.14. The number of rotatable bonds is 8. The largest absolute Gasteiger partial charge is 0.468 e. The first kappa shape index (κ1) is 20.0. The fourth-order valence-corrected chi connectivity index (χ4v) is 2.13. The molecule has 0 aliphatic carbocycles. The number of hydrogen-bond acceptors (Lipinski definition) is 5. The van der Waals surface area contributed by atoms with Gasteiger partial charge >= 0.3 is 12.1 Å². The highest BCUT2D eigenvalue weighted by molar-refractivity contribution is 5.75. The zero-order valence-corrected chi connectivity index (χ0v) is 14.9. The molecular formula is C18H28N2O4. The normalized spacial score (nSPS) is 12.3. The van der Waals surface area contributed by atoms with Crippen molar-refractivity contribution in [3.05, 3.63) is 35.9 Å². The summed E-state index contributed by atoms with van der Waals surface area (Å²) < 4.78 is 9.98. The molecule has 0 aliphatic rings. The first-order chi connectivity index (χ1) is 11.3. The number of nitrogens with one attached hydrogen (secondary N) is 2. The third-order valence-corrected chi connectivity index (χ3v) is 3.23. The van der Waals surface area contributed by atoms with E-state index in [0.29, 0.717) is 19.5 Å². The number of amides is 1. The van der Waals surface area contributed by atoms with E-state index in [2.05, 4.69) is 10.6 Å². The second-order valence-corrected chi connectivity index (χ2v) is 6.48. The molecule has 0 bridgehead atoms. The molecular weight excluding hydrogens is 308 g/mol. The second-order valence-electron chi connectivity index (χ2n) is 6.48. The quantitative estimate of drug-likeness (QED) is 0.562. The van der Waals surface area contributed by atoms with Crippen LogP contribution in [0.4, 0.5) is 4.79 Å². The lowest BCUT2D eigenvalue weighted by Gasteiger charge is -2.20. The molecule has 0 unspecified atom stereocenters. The Hall–Kier alpha value is -2.08. The fourth-order valence-electron chi connectivity index (χ4n) is 2.13. The standard InChI is InChI=1S/C18H28N2O4/c1-18(2,3)24-17(22)20-13-12-19-15(16(21)23-4)11-10-14-8-6-5-7-9-14/h5-9,15,19H,10-13H2,1-4H3,(H,20,22)/t15-/m0/s1. The van der Waals surface area contributed by atoms with Crippen LogP contribution >= 0.6 is 0 Å². The van der Waals surface area contributed by atoms with Crippen LogP contribution in [0.3, 0.4) is 0 Å². The summed E-state index contributed by atoms with van der Waals surface area (Å²) in [5, 5.41) is 5.76. The molecule has 24 heavy (non-hydrogen) atoms. The Morgan fingerprint density at radius 1 is 1.12 bits per heavy atom. The van der Waals surface area contributed by atoms with Gasteiger partial charge in [-0.05, 0) is 39.2 Å². The monoisotopic (exact) mass is 336 g/mol. The van der Waals surface area contributed by atoms with Crippen LogP contribution in [0.5, 0.6) is 0 Å². The number of methoxy groups -OCH3 is 1. The summed E-state index contributed by atoms with van der Waals surface area (Å²) in [6.45, 7) is 6.24.